The summed E-state index contributed by atoms with van der Waals surface area (Å²) in [5.41, 5.74) is 7.18. The van der Waals surface area contributed by atoms with Gasteiger partial charge < -0.3 is 5.11 Å². The number of amides is 1. The molecule has 0 spiro atoms. The number of halogens is 1. The van der Waals surface area contributed by atoms with Gasteiger partial charge in [0.15, 0.2) is 0 Å². The summed E-state index contributed by atoms with van der Waals surface area (Å²) < 4.78 is 12.8. The van der Waals surface area contributed by atoms with E-state index in [0.29, 0.717) is 11.3 Å². The van der Waals surface area contributed by atoms with E-state index in [-0.39, 0.29) is 23.9 Å². The molecule has 21 heavy (non-hydrogen) atoms. The van der Waals surface area contributed by atoms with E-state index >= 15 is 0 Å². The summed E-state index contributed by atoms with van der Waals surface area (Å²) in [5, 5.41) is 9.19. The Labute approximate surface area is 121 Å². The lowest BCUT2D eigenvalue weighted by atomic mass is 10.1. The molecule has 0 saturated carbocycles. The second-order valence-electron chi connectivity index (χ2n) is 4.50. The van der Waals surface area contributed by atoms with Gasteiger partial charge in [-0.25, -0.2) is 4.39 Å². The average Bonchev–Trinajstić information content (AvgIpc) is 2.48. The van der Waals surface area contributed by atoms with E-state index < -0.39 is 0 Å². The molecule has 3 N–H and O–H groups in total. The maximum atomic E-state index is 12.8. The van der Waals surface area contributed by atoms with Gasteiger partial charge in [-0.15, -0.1) is 0 Å². The third-order valence-electron chi connectivity index (χ3n) is 2.85. The number of carbonyl (C=O) groups is 1. The first-order chi connectivity index (χ1) is 10.0. The Morgan fingerprint density at radius 1 is 1.05 bits per heavy atom. The van der Waals surface area contributed by atoms with Gasteiger partial charge in [-0.3, -0.25) is 15.6 Å². The predicted octanol–water partition coefficient (Wildman–Crippen LogP) is 2.37. The number of carbonyl (C=O) groups excluding carboxylic acids is 1. The number of rotatable bonds is 5. The summed E-state index contributed by atoms with van der Waals surface area (Å²) in [6.45, 7) is 3.79. The zero-order valence-electron chi connectivity index (χ0n) is 11.3. The van der Waals surface area contributed by atoms with Crippen LogP contribution in [-0.4, -0.2) is 11.0 Å². The Balaban J connectivity index is 1.84. The van der Waals surface area contributed by atoms with Crippen LogP contribution in [0.15, 0.2) is 55.1 Å². The van der Waals surface area contributed by atoms with Gasteiger partial charge in [-0.05, 0) is 47.5 Å². The van der Waals surface area contributed by atoms with E-state index in [4.69, 9.17) is 0 Å². The van der Waals surface area contributed by atoms with Crippen molar-refractivity contribution < 1.29 is 14.3 Å². The minimum atomic E-state index is -0.335. The van der Waals surface area contributed by atoms with E-state index in [1.807, 2.05) is 0 Å². The summed E-state index contributed by atoms with van der Waals surface area (Å²) in [7, 11) is 0. The third kappa shape index (κ3) is 4.35. The number of aromatic hydroxyl groups is 1. The molecule has 5 heteroatoms. The molecule has 0 aliphatic carbocycles. The maximum absolute atomic E-state index is 12.8. The number of hydrogen-bond acceptors (Lipinski definition) is 3. The average molecular weight is 286 g/mol. The Kier molecular flexibility index (Phi) is 4.56. The smallest absolute Gasteiger partial charge is 0.242 e. The van der Waals surface area contributed by atoms with Crippen molar-refractivity contribution in [2.45, 2.75) is 6.42 Å². The number of phenolic OH excluding ortho intramolecular Hbond substituents is 1. The van der Waals surface area contributed by atoms with Gasteiger partial charge in [0.2, 0.25) is 5.91 Å². The molecule has 0 aliphatic rings. The van der Waals surface area contributed by atoms with Crippen LogP contribution in [0.3, 0.4) is 0 Å². The maximum Gasteiger partial charge on any atom is 0.242 e. The number of benzene rings is 2. The molecule has 1 amide bonds. The number of phenols is 1. The van der Waals surface area contributed by atoms with Crippen LogP contribution in [0.25, 0.3) is 5.70 Å². The molecule has 0 fully saturated rings. The van der Waals surface area contributed by atoms with E-state index in [1.165, 1.54) is 24.3 Å². The highest BCUT2D eigenvalue weighted by Gasteiger charge is 2.04. The highest BCUT2D eigenvalue weighted by molar-refractivity contribution is 5.79. The van der Waals surface area contributed by atoms with E-state index in [0.717, 1.165) is 5.56 Å². The van der Waals surface area contributed by atoms with Crippen molar-refractivity contribution >= 4 is 11.6 Å². The van der Waals surface area contributed by atoms with Crippen LogP contribution in [-0.2, 0) is 11.2 Å². The molecular weight excluding hydrogens is 271 g/mol. The van der Waals surface area contributed by atoms with Gasteiger partial charge in [0.25, 0.3) is 0 Å². The fourth-order valence-electron chi connectivity index (χ4n) is 1.71. The zero-order valence-corrected chi connectivity index (χ0v) is 11.3. The molecule has 0 radical (unpaired) electrons. The standard InChI is InChI=1S/C16H15FN2O2/c1-11(13-4-8-15(20)9-5-13)18-19-16(21)10-12-2-6-14(17)7-3-12/h2-9,18,20H,1,10H2,(H,19,21). The highest BCUT2D eigenvalue weighted by Crippen LogP contribution is 2.14. The molecule has 0 bridgehead atoms. The fourth-order valence-corrected chi connectivity index (χ4v) is 1.71. The number of nitrogens with one attached hydrogen (secondary N) is 2. The van der Waals surface area contributed by atoms with Crippen molar-refractivity contribution in [2.75, 3.05) is 0 Å². The van der Waals surface area contributed by atoms with Crippen molar-refractivity contribution in [1.29, 1.82) is 0 Å². The van der Waals surface area contributed by atoms with E-state index in [1.54, 1.807) is 24.3 Å². The molecule has 4 nitrogen and oxygen atoms in total. The summed E-state index contributed by atoms with van der Waals surface area (Å²) in [6.07, 6.45) is 0.135. The van der Waals surface area contributed by atoms with Crippen LogP contribution in [0.4, 0.5) is 4.39 Å². The molecule has 108 valence electrons. The van der Waals surface area contributed by atoms with Crippen LogP contribution in [0.1, 0.15) is 11.1 Å². The Bertz CT molecular complexity index is 636. The Morgan fingerprint density at radius 3 is 2.29 bits per heavy atom. The van der Waals surface area contributed by atoms with E-state index in [2.05, 4.69) is 17.4 Å². The lowest BCUT2D eigenvalue weighted by Crippen LogP contribution is -2.36. The largest absolute Gasteiger partial charge is 0.508 e. The molecule has 2 aromatic carbocycles. The van der Waals surface area contributed by atoms with E-state index in [9.17, 15) is 14.3 Å². The van der Waals surface area contributed by atoms with Crippen molar-refractivity contribution in [1.82, 2.24) is 10.9 Å². The molecular formula is C16H15FN2O2. The van der Waals surface area contributed by atoms with Crippen LogP contribution < -0.4 is 10.9 Å². The molecule has 2 aromatic rings. The molecule has 0 aliphatic heterocycles. The quantitative estimate of drug-likeness (QED) is 0.739. The van der Waals surface area contributed by atoms with Crippen LogP contribution in [0.2, 0.25) is 0 Å². The molecule has 0 unspecified atom stereocenters. The fraction of sp³-hybridized carbons (Fsp3) is 0.0625. The summed E-state index contributed by atoms with van der Waals surface area (Å²) in [6, 6.07) is 12.2. The van der Waals surface area contributed by atoms with Gasteiger partial charge in [0, 0.05) is 0 Å². The number of hydrogen-bond donors (Lipinski definition) is 3. The molecule has 0 heterocycles. The van der Waals surface area contributed by atoms with Gasteiger partial charge in [-0.2, -0.15) is 0 Å². The lowest BCUT2D eigenvalue weighted by molar-refractivity contribution is -0.121. The normalized spacial score (nSPS) is 9.95. The first-order valence-electron chi connectivity index (χ1n) is 6.32. The van der Waals surface area contributed by atoms with Crippen molar-refractivity contribution in [3.05, 3.63) is 72.1 Å². The molecule has 0 atom stereocenters. The SMILES string of the molecule is C=C(NNC(=O)Cc1ccc(F)cc1)c1ccc(O)cc1. The highest BCUT2D eigenvalue weighted by atomic mass is 19.1. The first kappa shape index (κ1) is 14.6. The van der Waals surface area contributed by atoms with Crippen LogP contribution in [0, 0.1) is 5.82 Å². The first-order valence-corrected chi connectivity index (χ1v) is 6.32. The van der Waals surface area contributed by atoms with Crippen molar-refractivity contribution in [3.63, 3.8) is 0 Å². The molecule has 2 rings (SSSR count). The van der Waals surface area contributed by atoms with Gasteiger partial charge in [0.1, 0.15) is 11.6 Å². The minimum absolute atomic E-state index is 0.135. The van der Waals surface area contributed by atoms with Crippen LogP contribution in [0.5, 0.6) is 5.75 Å². The Morgan fingerprint density at radius 2 is 1.67 bits per heavy atom. The van der Waals surface area contributed by atoms with Crippen molar-refractivity contribution in [3.8, 4) is 5.75 Å². The summed E-state index contributed by atoms with van der Waals surface area (Å²) in [4.78, 5) is 11.7. The lowest BCUT2D eigenvalue weighted by Gasteiger charge is -2.11. The predicted molar refractivity (Wildman–Crippen MR) is 78.5 cm³/mol. The van der Waals surface area contributed by atoms with Crippen LogP contribution >= 0.6 is 0 Å². The van der Waals surface area contributed by atoms with Gasteiger partial charge >= 0.3 is 0 Å². The second kappa shape index (κ2) is 6.56. The molecule has 0 aromatic heterocycles. The second-order valence-corrected chi connectivity index (χ2v) is 4.50. The summed E-state index contributed by atoms with van der Waals surface area (Å²) >= 11 is 0. The topological polar surface area (TPSA) is 61.4 Å². The number of hydrazine groups is 1. The Hall–Kier alpha value is -2.82. The van der Waals surface area contributed by atoms with Crippen molar-refractivity contribution in [2.24, 2.45) is 0 Å². The third-order valence-corrected chi connectivity index (χ3v) is 2.85. The van der Waals surface area contributed by atoms with Gasteiger partial charge in [-0.1, -0.05) is 18.7 Å². The van der Waals surface area contributed by atoms with Gasteiger partial charge in [0.05, 0.1) is 12.1 Å². The summed E-state index contributed by atoms with van der Waals surface area (Å²) in [5.74, 6) is -0.438. The molecule has 0 saturated heterocycles. The minimum Gasteiger partial charge on any atom is -0.508 e. The zero-order chi connectivity index (χ0) is 15.2. The monoisotopic (exact) mass is 286 g/mol.